The summed E-state index contributed by atoms with van der Waals surface area (Å²) >= 11 is 0. The Bertz CT molecular complexity index is 885. The zero-order valence-electron chi connectivity index (χ0n) is 11.6. The lowest BCUT2D eigenvalue weighted by atomic mass is 9.99. The highest BCUT2D eigenvalue weighted by Gasteiger charge is 2.32. The second kappa shape index (κ2) is 6.37. The van der Waals surface area contributed by atoms with Crippen LogP contribution in [0.3, 0.4) is 0 Å². The molecule has 0 spiro atoms. The van der Waals surface area contributed by atoms with E-state index in [2.05, 4.69) is 10.0 Å². The van der Waals surface area contributed by atoms with Crippen LogP contribution in [-0.2, 0) is 0 Å². The minimum Gasteiger partial charge on any atom is -0.258 e. The van der Waals surface area contributed by atoms with Crippen LogP contribution in [-0.4, -0.2) is 14.8 Å². The Kier molecular flexibility index (Phi) is 4.34. The topological polar surface area (TPSA) is 178 Å². The van der Waals surface area contributed by atoms with Crippen molar-refractivity contribution in [2.24, 2.45) is 5.11 Å². The normalized spacial score (nSPS) is 9.83. The molecule has 2 aromatic rings. The van der Waals surface area contributed by atoms with Gasteiger partial charge < -0.3 is 0 Å². The number of benzene rings is 2. The first-order chi connectivity index (χ1) is 11.4. The Balaban J connectivity index is 2.97. The lowest BCUT2D eigenvalue weighted by Crippen LogP contribution is -2.00. The number of nitrogens with zero attached hydrogens (tertiary/aromatic N) is 6. The van der Waals surface area contributed by atoms with Gasteiger partial charge in [0.2, 0.25) is 0 Å². The molecule has 0 aliphatic rings. The summed E-state index contributed by atoms with van der Waals surface area (Å²) in [5.74, 6) is 0. The summed E-state index contributed by atoms with van der Waals surface area (Å²) < 4.78 is 0. The van der Waals surface area contributed by atoms with Crippen LogP contribution in [0.5, 0.6) is 0 Å². The molecule has 12 heteroatoms. The van der Waals surface area contributed by atoms with E-state index in [1.165, 1.54) is 24.3 Å². The van der Waals surface area contributed by atoms with Crippen LogP contribution >= 0.6 is 0 Å². The molecule has 0 aromatic heterocycles. The number of non-ortho nitro benzene ring substituents is 1. The van der Waals surface area contributed by atoms with Crippen molar-refractivity contribution in [1.29, 1.82) is 0 Å². The molecule has 12 nitrogen and oxygen atoms in total. The van der Waals surface area contributed by atoms with Crippen molar-refractivity contribution in [2.45, 2.75) is 0 Å². The van der Waals surface area contributed by atoms with Crippen molar-refractivity contribution in [3.05, 3.63) is 77.2 Å². The van der Waals surface area contributed by atoms with E-state index in [9.17, 15) is 30.3 Å². The molecule has 0 saturated carbocycles. The fourth-order valence-electron chi connectivity index (χ4n) is 2.09. The van der Waals surface area contributed by atoms with Gasteiger partial charge in [-0.15, -0.1) is 0 Å². The van der Waals surface area contributed by atoms with Crippen molar-refractivity contribution in [3.63, 3.8) is 0 Å². The molecule has 0 bridgehead atoms. The molecule has 0 amide bonds. The van der Waals surface area contributed by atoms with Gasteiger partial charge in [-0.25, -0.2) is 0 Å². The Hall–Kier alpha value is -4.05. The van der Waals surface area contributed by atoms with Crippen molar-refractivity contribution >= 4 is 22.7 Å². The second-order valence-electron chi connectivity index (χ2n) is 4.34. The fourth-order valence-corrected chi connectivity index (χ4v) is 2.09. The van der Waals surface area contributed by atoms with E-state index in [-0.39, 0.29) is 11.3 Å². The number of azide groups is 1. The SMILES string of the molecule is [N-]=[N+]=Nc1ccccc1-c1c([N+](=O)[O-])cc([N+](=O)[O-])cc1[N+](=O)[O-]. The highest BCUT2D eigenvalue weighted by Crippen LogP contribution is 2.44. The summed E-state index contributed by atoms with van der Waals surface area (Å²) in [6, 6.07) is 6.73. The summed E-state index contributed by atoms with van der Waals surface area (Å²) in [4.78, 5) is 33.1. The van der Waals surface area contributed by atoms with Gasteiger partial charge in [-0.2, -0.15) is 0 Å². The number of hydrogen-bond donors (Lipinski definition) is 0. The van der Waals surface area contributed by atoms with E-state index in [0.29, 0.717) is 12.1 Å². The molecule has 0 aliphatic carbocycles. The molecule has 0 saturated heterocycles. The van der Waals surface area contributed by atoms with E-state index >= 15 is 0 Å². The third-order valence-corrected chi connectivity index (χ3v) is 3.01. The molecule has 0 unspecified atom stereocenters. The van der Waals surface area contributed by atoms with E-state index in [1.807, 2.05) is 0 Å². The van der Waals surface area contributed by atoms with Crippen LogP contribution in [0.4, 0.5) is 22.7 Å². The molecule has 2 aromatic carbocycles. The van der Waals surface area contributed by atoms with Crippen molar-refractivity contribution in [3.8, 4) is 11.1 Å². The van der Waals surface area contributed by atoms with Gasteiger partial charge in [0.05, 0.1) is 26.9 Å². The molecule has 2 rings (SSSR count). The predicted octanol–water partition coefficient (Wildman–Crippen LogP) is 4.02. The Morgan fingerprint density at radius 2 is 1.46 bits per heavy atom. The maximum Gasteiger partial charge on any atom is 0.291 e. The maximum absolute atomic E-state index is 11.3. The summed E-state index contributed by atoms with van der Waals surface area (Å²) in [7, 11) is 0. The third-order valence-electron chi connectivity index (χ3n) is 3.01. The summed E-state index contributed by atoms with van der Waals surface area (Å²) in [6.45, 7) is 0. The van der Waals surface area contributed by atoms with Crippen LogP contribution in [0.2, 0.25) is 0 Å². The van der Waals surface area contributed by atoms with Gasteiger partial charge >= 0.3 is 0 Å². The average molecular weight is 330 g/mol. The van der Waals surface area contributed by atoms with Gasteiger partial charge in [-0.05, 0) is 5.53 Å². The monoisotopic (exact) mass is 330 g/mol. The number of nitro benzene ring substituents is 3. The third kappa shape index (κ3) is 2.93. The highest BCUT2D eigenvalue weighted by atomic mass is 16.6. The lowest BCUT2D eigenvalue weighted by Gasteiger charge is -2.07. The maximum atomic E-state index is 11.3. The number of rotatable bonds is 5. The van der Waals surface area contributed by atoms with Crippen molar-refractivity contribution in [2.75, 3.05) is 0 Å². The highest BCUT2D eigenvalue weighted by molar-refractivity contribution is 5.89. The molecular weight excluding hydrogens is 324 g/mol. The second-order valence-corrected chi connectivity index (χ2v) is 4.34. The van der Waals surface area contributed by atoms with Crippen molar-refractivity contribution in [1.82, 2.24) is 0 Å². The van der Waals surface area contributed by atoms with Crippen LogP contribution in [0.15, 0.2) is 41.5 Å². The van der Waals surface area contributed by atoms with Gasteiger partial charge in [-0.1, -0.05) is 29.4 Å². The first kappa shape index (κ1) is 16.3. The summed E-state index contributed by atoms with van der Waals surface area (Å²) in [5.41, 5.74) is 5.46. The smallest absolute Gasteiger partial charge is 0.258 e. The first-order valence-corrected chi connectivity index (χ1v) is 6.12. The number of hydrogen-bond acceptors (Lipinski definition) is 7. The Morgan fingerprint density at radius 3 is 1.92 bits per heavy atom. The van der Waals surface area contributed by atoms with Crippen LogP contribution in [0.1, 0.15) is 0 Å². The van der Waals surface area contributed by atoms with Gasteiger partial charge in [-0.3, -0.25) is 30.3 Å². The summed E-state index contributed by atoms with van der Waals surface area (Å²) in [5, 5.41) is 36.7. The predicted molar refractivity (Wildman–Crippen MR) is 80.6 cm³/mol. The van der Waals surface area contributed by atoms with Gasteiger partial charge in [0.1, 0.15) is 5.56 Å². The quantitative estimate of drug-likeness (QED) is 0.262. The Morgan fingerprint density at radius 1 is 0.917 bits per heavy atom. The standard InChI is InChI=1S/C12H6N6O6/c13-15-14-9-4-2-1-3-8(9)12-10(17(21)22)5-7(16(19)20)6-11(12)18(23)24/h1-6H. The van der Waals surface area contributed by atoms with E-state index in [0.717, 1.165) is 0 Å². The molecule has 0 N–H and O–H groups in total. The van der Waals surface area contributed by atoms with E-state index < -0.39 is 37.4 Å². The van der Waals surface area contributed by atoms with Crippen LogP contribution in [0, 0.1) is 30.3 Å². The molecular formula is C12H6N6O6. The molecule has 24 heavy (non-hydrogen) atoms. The summed E-state index contributed by atoms with van der Waals surface area (Å²) in [6.07, 6.45) is 0. The van der Waals surface area contributed by atoms with Crippen molar-refractivity contribution < 1.29 is 14.8 Å². The first-order valence-electron chi connectivity index (χ1n) is 6.12. The minimum absolute atomic E-state index is 0.0800. The van der Waals surface area contributed by atoms with Crippen LogP contribution in [0.25, 0.3) is 21.6 Å². The molecule has 120 valence electrons. The average Bonchev–Trinajstić information content (AvgIpc) is 2.54. The van der Waals surface area contributed by atoms with Gasteiger partial charge in [0, 0.05) is 16.2 Å². The lowest BCUT2D eigenvalue weighted by molar-refractivity contribution is -0.402. The van der Waals surface area contributed by atoms with Crippen LogP contribution < -0.4 is 0 Å². The number of nitro groups is 3. The molecule has 0 radical (unpaired) electrons. The van der Waals surface area contributed by atoms with E-state index in [4.69, 9.17) is 5.53 Å². The molecule has 0 atom stereocenters. The van der Waals surface area contributed by atoms with E-state index in [1.54, 1.807) is 0 Å². The molecule has 0 aliphatic heterocycles. The Labute approximate surface area is 132 Å². The minimum atomic E-state index is -0.970. The molecule has 0 fully saturated rings. The molecule has 0 heterocycles. The largest absolute Gasteiger partial charge is 0.291 e. The van der Waals surface area contributed by atoms with Gasteiger partial charge in [0.15, 0.2) is 0 Å². The fraction of sp³-hybridized carbons (Fsp3) is 0. The zero-order valence-corrected chi connectivity index (χ0v) is 11.6. The van der Waals surface area contributed by atoms with Gasteiger partial charge in [0.25, 0.3) is 17.1 Å². The zero-order chi connectivity index (χ0) is 17.9.